The quantitative estimate of drug-likeness (QED) is 0.381. The lowest BCUT2D eigenvalue weighted by Crippen LogP contribution is -2.29. The van der Waals surface area contributed by atoms with Crippen LogP contribution in [0.5, 0.6) is 0 Å². The lowest BCUT2D eigenvalue weighted by atomic mass is 10.1. The zero-order chi connectivity index (χ0) is 21.7. The van der Waals surface area contributed by atoms with Gasteiger partial charge in [0.15, 0.2) is 0 Å². The highest BCUT2D eigenvalue weighted by Crippen LogP contribution is 2.32. The predicted octanol–water partition coefficient (Wildman–Crippen LogP) is 6.18. The lowest BCUT2D eigenvalue weighted by molar-refractivity contribution is -0.122. The molecule has 2 amide bonds. The van der Waals surface area contributed by atoms with Crippen molar-refractivity contribution in [3.05, 3.63) is 68.5 Å². The van der Waals surface area contributed by atoms with E-state index in [9.17, 15) is 9.59 Å². The first-order valence-electron chi connectivity index (χ1n) is 9.46. The number of amides is 2. The molecule has 0 radical (unpaired) electrons. The number of carbonyl (C=O) groups excluding carboxylic acids is 2. The molecule has 0 unspecified atom stereocenters. The summed E-state index contributed by atoms with van der Waals surface area (Å²) in [7, 11) is 0. The molecule has 0 atom stereocenters. The number of thioether (sulfide) groups is 1. The van der Waals surface area contributed by atoms with Crippen molar-refractivity contribution in [2.45, 2.75) is 26.2 Å². The van der Waals surface area contributed by atoms with Gasteiger partial charge in [0, 0.05) is 28.7 Å². The molecule has 1 N–H and O–H groups in total. The Labute approximate surface area is 195 Å². The Bertz CT molecular complexity index is 986. The van der Waals surface area contributed by atoms with Crippen molar-refractivity contribution >= 4 is 75.1 Å². The van der Waals surface area contributed by atoms with Crippen LogP contribution in [0.1, 0.15) is 30.9 Å². The average molecular weight is 479 g/mol. The van der Waals surface area contributed by atoms with Gasteiger partial charge in [-0.05, 0) is 48.2 Å². The Morgan fingerprint density at radius 3 is 2.47 bits per heavy atom. The highest BCUT2D eigenvalue weighted by molar-refractivity contribution is 8.26. The van der Waals surface area contributed by atoms with E-state index < -0.39 is 0 Å². The Kier molecular flexibility index (Phi) is 7.94. The summed E-state index contributed by atoms with van der Waals surface area (Å²) in [6.07, 6.45) is 3.57. The Balaban J connectivity index is 1.53. The van der Waals surface area contributed by atoms with Crippen LogP contribution in [-0.4, -0.2) is 27.6 Å². The first kappa shape index (κ1) is 22.8. The van der Waals surface area contributed by atoms with Gasteiger partial charge < -0.3 is 5.32 Å². The van der Waals surface area contributed by atoms with Crippen LogP contribution in [0.3, 0.4) is 0 Å². The maximum absolute atomic E-state index is 12.7. The van der Waals surface area contributed by atoms with Crippen LogP contribution in [0.15, 0.2) is 47.4 Å². The van der Waals surface area contributed by atoms with E-state index in [4.69, 9.17) is 35.4 Å². The minimum Gasteiger partial charge on any atom is -0.326 e. The smallest absolute Gasteiger partial charge is 0.266 e. The summed E-state index contributed by atoms with van der Waals surface area (Å²) in [5, 5.41) is 3.66. The minimum absolute atomic E-state index is 0.119. The highest BCUT2D eigenvalue weighted by Gasteiger charge is 2.31. The van der Waals surface area contributed by atoms with Gasteiger partial charge in [-0.1, -0.05) is 78.4 Å². The molecule has 0 bridgehead atoms. The summed E-state index contributed by atoms with van der Waals surface area (Å²) in [4.78, 5) is 27.0. The van der Waals surface area contributed by atoms with Gasteiger partial charge in [0.05, 0.1) is 4.91 Å². The zero-order valence-corrected chi connectivity index (χ0v) is 19.4. The summed E-state index contributed by atoms with van der Waals surface area (Å²) in [5.74, 6) is -0.295. The molecule has 0 aliphatic carbocycles. The van der Waals surface area contributed by atoms with E-state index in [1.165, 1.54) is 17.3 Å². The van der Waals surface area contributed by atoms with Crippen LogP contribution in [-0.2, 0) is 16.0 Å². The van der Waals surface area contributed by atoms with Gasteiger partial charge in [0.1, 0.15) is 4.32 Å². The Hall–Kier alpha value is -1.86. The van der Waals surface area contributed by atoms with Crippen molar-refractivity contribution in [3.8, 4) is 0 Å². The van der Waals surface area contributed by atoms with Gasteiger partial charge in [0.2, 0.25) is 5.91 Å². The maximum atomic E-state index is 12.7. The number of nitrogens with one attached hydrogen (secondary N) is 1. The molecule has 1 fully saturated rings. The van der Waals surface area contributed by atoms with Crippen molar-refractivity contribution in [2.75, 3.05) is 11.9 Å². The standard InChI is InChI=1S/C22H20Cl2N2O2S2/c1-2-14-5-7-15(8-6-14)10-19-21(28)26(22(29)30-19)9-3-4-20(27)25-18-12-16(23)11-17(24)13-18/h5-8,10-13H,2-4,9H2,1H3,(H,25,27)/b19-10-. The van der Waals surface area contributed by atoms with Gasteiger partial charge in [0.25, 0.3) is 5.91 Å². The van der Waals surface area contributed by atoms with E-state index in [1.54, 1.807) is 23.1 Å². The molecule has 156 valence electrons. The molecular formula is C22H20Cl2N2O2S2. The van der Waals surface area contributed by atoms with E-state index in [2.05, 4.69) is 24.4 Å². The Morgan fingerprint density at radius 2 is 1.83 bits per heavy atom. The van der Waals surface area contributed by atoms with E-state index in [-0.39, 0.29) is 18.2 Å². The fourth-order valence-corrected chi connectivity index (χ4v) is 4.78. The van der Waals surface area contributed by atoms with E-state index >= 15 is 0 Å². The second-order valence-electron chi connectivity index (χ2n) is 6.74. The molecule has 0 spiro atoms. The van der Waals surface area contributed by atoms with Gasteiger partial charge >= 0.3 is 0 Å². The van der Waals surface area contributed by atoms with E-state index in [1.807, 2.05) is 18.2 Å². The molecule has 4 nitrogen and oxygen atoms in total. The van der Waals surface area contributed by atoms with E-state index in [0.29, 0.717) is 37.9 Å². The van der Waals surface area contributed by atoms with Gasteiger partial charge in [-0.3, -0.25) is 14.5 Å². The van der Waals surface area contributed by atoms with Crippen molar-refractivity contribution in [2.24, 2.45) is 0 Å². The molecule has 8 heteroatoms. The SMILES string of the molecule is CCc1ccc(/C=C2\SC(=S)N(CCCC(=O)Nc3cc(Cl)cc(Cl)c3)C2=O)cc1. The molecule has 2 aromatic carbocycles. The molecule has 1 saturated heterocycles. The third kappa shape index (κ3) is 6.08. The number of hydrogen-bond acceptors (Lipinski definition) is 4. The number of carbonyl (C=O) groups is 2. The predicted molar refractivity (Wildman–Crippen MR) is 130 cm³/mol. The fourth-order valence-electron chi connectivity index (χ4n) is 2.94. The Morgan fingerprint density at radius 1 is 1.17 bits per heavy atom. The first-order valence-corrected chi connectivity index (χ1v) is 11.4. The van der Waals surface area contributed by atoms with Gasteiger partial charge in [-0.15, -0.1) is 0 Å². The van der Waals surface area contributed by atoms with Crippen LogP contribution in [0.25, 0.3) is 6.08 Å². The topological polar surface area (TPSA) is 49.4 Å². The molecule has 1 aliphatic heterocycles. The molecule has 0 aromatic heterocycles. The second-order valence-corrected chi connectivity index (χ2v) is 9.29. The third-order valence-electron chi connectivity index (χ3n) is 4.49. The van der Waals surface area contributed by atoms with Crippen LogP contribution < -0.4 is 5.32 Å². The van der Waals surface area contributed by atoms with Gasteiger partial charge in [-0.25, -0.2) is 0 Å². The first-order chi connectivity index (χ1) is 14.4. The molecule has 1 heterocycles. The third-order valence-corrected chi connectivity index (χ3v) is 6.31. The molecule has 30 heavy (non-hydrogen) atoms. The van der Waals surface area contributed by atoms with Crippen LogP contribution in [0.4, 0.5) is 5.69 Å². The summed E-state index contributed by atoms with van der Waals surface area (Å²) >= 11 is 18.5. The number of anilines is 1. The zero-order valence-electron chi connectivity index (χ0n) is 16.3. The number of aryl methyl sites for hydroxylation is 1. The van der Waals surface area contributed by atoms with Crippen molar-refractivity contribution in [3.63, 3.8) is 0 Å². The van der Waals surface area contributed by atoms with Crippen LogP contribution in [0, 0.1) is 0 Å². The molecule has 2 aromatic rings. The van der Waals surface area contributed by atoms with Crippen molar-refractivity contribution in [1.82, 2.24) is 4.90 Å². The van der Waals surface area contributed by atoms with Crippen LogP contribution >= 0.6 is 47.2 Å². The monoisotopic (exact) mass is 478 g/mol. The summed E-state index contributed by atoms with van der Waals surface area (Å²) < 4.78 is 0.512. The molecule has 0 saturated carbocycles. The second kappa shape index (κ2) is 10.4. The molecule has 1 aliphatic rings. The normalized spacial score (nSPS) is 15.2. The van der Waals surface area contributed by atoms with Crippen LogP contribution in [0.2, 0.25) is 10.0 Å². The number of rotatable bonds is 7. The number of benzene rings is 2. The highest BCUT2D eigenvalue weighted by atomic mass is 35.5. The van der Waals surface area contributed by atoms with Crippen molar-refractivity contribution < 1.29 is 9.59 Å². The lowest BCUT2D eigenvalue weighted by Gasteiger charge is -2.14. The van der Waals surface area contributed by atoms with E-state index in [0.717, 1.165) is 12.0 Å². The number of thiocarbonyl (C=S) groups is 1. The minimum atomic E-state index is -0.176. The average Bonchev–Trinajstić information content (AvgIpc) is 2.95. The van der Waals surface area contributed by atoms with Gasteiger partial charge in [-0.2, -0.15) is 0 Å². The van der Waals surface area contributed by atoms with Crippen molar-refractivity contribution in [1.29, 1.82) is 0 Å². The summed E-state index contributed by atoms with van der Waals surface area (Å²) in [6, 6.07) is 13.0. The largest absolute Gasteiger partial charge is 0.326 e. The molecule has 3 rings (SSSR count). The molecular weight excluding hydrogens is 459 g/mol. The fraction of sp³-hybridized carbons (Fsp3) is 0.227. The summed E-state index contributed by atoms with van der Waals surface area (Å²) in [6.45, 7) is 2.49. The number of hydrogen-bond donors (Lipinski definition) is 1. The number of halogens is 2. The summed E-state index contributed by atoms with van der Waals surface area (Å²) in [5.41, 5.74) is 2.76. The number of nitrogens with zero attached hydrogens (tertiary/aromatic N) is 1. The maximum Gasteiger partial charge on any atom is 0.266 e.